The number of hydrogen-bond acceptors (Lipinski definition) is 2. The molecule has 2 aromatic rings. The molecule has 0 fully saturated rings. The molecule has 0 bridgehead atoms. The maximum Gasteiger partial charge on any atom is 0.133 e. The molecule has 0 saturated heterocycles. The zero-order valence-electron chi connectivity index (χ0n) is 9.45. The molecule has 0 aliphatic rings. The number of aliphatic hydroxyl groups excluding tert-OH is 1. The average Bonchev–Trinajstić information content (AvgIpc) is 2.31. The second kappa shape index (κ2) is 6.43. The van der Waals surface area contributed by atoms with Crippen LogP contribution in [0.3, 0.4) is 0 Å². The van der Waals surface area contributed by atoms with Crippen LogP contribution in [0.4, 0.5) is 0 Å². The van der Waals surface area contributed by atoms with E-state index in [-0.39, 0.29) is 16.5 Å². The molecular weight excluding hydrogens is 259 g/mol. The van der Waals surface area contributed by atoms with E-state index in [2.05, 4.69) is 0 Å². The van der Waals surface area contributed by atoms with Crippen molar-refractivity contribution in [2.45, 2.75) is 13.0 Å². The van der Waals surface area contributed by atoms with E-state index >= 15 is 0 Å². The summed E-state index contributed by atoms with van der Waals surface area (Å²) in [6.07, 6.45) is -0.528. The van der Waals surface area contributed by atoms with Crippen LogP contribution in [0.15, 0.2) is 54.6 Å². The van der Waals surface area contributed by atoms with Crippen molar-refractivity contribution in [2.24, 2.45) is 0 Å². The van der Waals surface area contributed by atoms with E-state index in [9.17, 15) is 5.11 Å². The Morgan fingerprint density at radius 2 is 1.53 bits per heavy atom. The fourth-order valence-electron chi connectivity index (χ4n) is 1.53. The van der Waals surface area contributed by atoms with Gasteiger partial charge in [0, 0.05) is 22.1 Å². The molecule has 17 heavy (non-hydrogen) atoms. The quantitative estimate of drug-likeness (QED) is 0.867. The van der Waals surface area contributed by atoms with Gasteiger partial charge in [0.15, 0.2) is 0 Å². The summed E-state index contributed by atoms with van der Waals surface area (Å²) in [4.78, 5) is 0. The first-order chi connectivity index (χ1) is 7.77. The maximum absolute atomic E-state index is 9.60. The van der Waals surface area contributed by atoms with Gasteiger partial charge in [0.2, 0.25) is 0 Å². The average molecular weight is 273 g/mol. The van der Waals surface area contributed by atoms with Crippen LogP contribution in [0.2, 0.25) is 0 Å². The number of hydrogen-bond donors (Lipinski definition) is 1. The molecule has 1 atom stereocenters. The molecule has 0 aromatic heterocycles. The van der Waals surface area contributed by atoms with Crippen LogP contribution in [0.25, 0.3) is 0 Å². The molecule has 0 aliphatic heterocycles. The summed E-state index contributed by atoms with van der Waals surface area (Å²) >= 11 is 0. The van der Waals surface area contributed by atoms with Crippen molar-refractivity contribution in [3.05, 3.63) is 60.2 Å². The second-order valence-electron chi connectivity index (χ2n) is 3.63. The third-order valence-electron chi connectivity index (χ3n) is 2.34. The predicted molar refractivity (Wildman–Crippen MR) is 63.6 cm³/mol. The zero-order valence-corrected chi connectivity index (χ0v) is 10.4. The number of rotatable bonds is 3. The minimum Gasteiger partial charge on any atom is -0.457 e. The van der Waals surface area contributed by atoms with E-state index < -0.39 is 6.10 Å². The normalized spacial score (nSPS) is 11.4. The minimum atomic E-state index is -0.528. The summed E-state index contributed by atoms with van der Waals surface area (Å²) in [6.45, 7) is 1.73. The summed E-state index contributed by atoms with van der Waals surface area (Å²) in [6, 6.07) is 17.0. The molecule has 2 aromatic carbocycles. The van der Waals surface area contributed by atoms with Crippen LogP contribution in [-0.2, 0) is 16.5 Å². The Bertz CT molecular complexity index is 455. The zero-order chi connectivity index (χ0) is 11.4. The molecule has 1 N–H and O–H groups in total. The first-order valence-corrected chi connectivity index (χ1v) is 5.27. The van der Waals surface area contributed by atoms with E-state index in [0.717, 1.165) is 11.3 Å². The van der Waals surface area contributed by atoms with Crippen LogP contribution in [0.1, 0.15) is 18.6 Å². The minimum absolute atomic E-state index is 0. The fourth-order valence-corrected chi connectivity index (χ4v) is 1.53. The monoisotopic (exact) mass is 272 g/mol. The number of benzene rings is 2. The Balaban J connectivity index is 0.00000144. The molecule has 92 valence electrons. The Labute approximate surface area is 111 Å². The molecule has 0 aliphatic carbocycles. The molecule has 0 spiro atoms. The van der Waals surface area contributed by atoms with Crippen LogP contribution >= 0.6 is 0 Å². The topological polar surface area (TPSA) is 29.5 Å². The van der Waals surface area contributed by atoms with Crippen molar-refractivity contribution in [3.63, 3.8) is 0 Å². The maximum atomic E-state index is 9.60. The van der Waals surface area contributed by atoms with Crippen LogP contribution in [0.5, 0.6) is 11.5 Å². The Morgan fingerprint density at radius 3 is 2.18 bits per heavy atom. The molecule has 3 heteroatoms. The van der Waals surface area contributed by atoms with Gasteiger partial charge in [-0.1, -0.05) is 36.4 Å². The molecule has 0 heterocycles. The Hall–Kier alpha value is -1.31. The summed E-state index contributed by atoms with van der Waals surface area (Å²) < 4.78 is 5.71. The van der Waals surface area contributed by atoms with Gasteiger partial charge in [0.25, 0.3) is 0 Å². The summed E-state index contributed by atoms with van der Waals surface area (Å²) in [5.74, 6) is 1.47. The number of aliphatic hydroxyl groups is 1. The van der Waals surface area contributed by atoms with Gasteiger partial charge in [-0.2, -0.15) is 0 Å². The first kappa shape index (κ1) is 13.8. The molecule has 0 saturated carbocycles. The second-order valence-corrected chi connectivity index (χ2v) is 3.63. The third-order valence-corrected chi connectivity index (χ3v) is 2.34. The van der Waals surface area contributed by atoms with Crippen molar-refractivity contribution in [1.82, 2.24) is 0 Å². The molecular formula is C14H14NiO2. The predicted octanol–water partition coefficient (Wildman–Crippen LogP) is 3.53. The molecule has 0 radical (unpaired) electrons. The van der Waals surface area contributed by atoms with E-state index in [0.29, 0.717) is 5.75 Å². The molecule has 2 nitrogen and oxygen atoms in total. The largest absolute Gasteiger partial charge is 0.457 e. The van der Waals surface area contributed by atoms with Gasteiger partial charge < -0.3 is 9.84 Å². The standard InChI is InChI=1S/C14H14O2.Ni/c1-11(15)13-9-5-6-10-14(13)16-12-7-3-2-4-8-12;/h2-11,15H,1H3;. The molecule has 2 rings (SSSR count). The summed E-state index contributed by atoms with van der Waals surface area (Å²) in [7, 11) is 0. The van der Waals surface area contributed by atoms with Crippen molar-refractivity contribution in [3.8, 4) is 11.5 Å². The Morgan fingerprint density at radius 1 is 0.941 bits per heavy atom. The van der Waals surface area contributed by atoms with Gasteiger partial charge in [-0.3, -0.25) is 0 Å². The fraction of sp³-hybridized carbons (Fsp3) is 0.143. The SMILES string of the molecule is CC(O)c1ccccc1Oc1ccccc1.[Ni]. The number of para-hydroxylation sites is 2. The van der Waals surface area contributed by atoms with Gasteiger partial charge in [-0.25, -0.2) is 0 Å². The first-order valence-electron chi connectivity index (χ1n) is 5.27. The van der Waals surface area contributed by atoms with Gasteiger partial charge in [-0.05, 0) is 25.1 Å². The van der Waals surface area contributed by atoms with Crippen LogP contribution in [0, 0.1) is 0 Å². The molecule has 1 unspecified atom stereocenters. The van der Waals surface area contributed by atoms with E-state index in [1.807, 2.05) is 54.6 Å². The number of ether oxygens (including phenoxy) is 1. The van der Waals surface area contributed by atoms with E-state index in [1.165, 1.54) is 0 Å². The summed E-state index contributed by atoms with van der Waals surface area (Å²) in [5.41, 5.74) is 0.798. The van der Waals surface area contributed by atoms with E-state index in [1.54, 1.807) is 6.92 Å². The van der Waals surface area contributed by atoms with Crippen LogP contribution < -0.4 is 4.74 Å². The summed E-state index contributed by atoms with van der Waals surface area (Å²) in [5, 5.41) is 9.60. The van der Waals surface area contributed by atoms with Crippen LogP contribution in [-0.4, -0.2) is 5.11 Å². The Kier molecular flexibility index (Phi) is 5.21. The van der Waals surface area contributed by atoms with Gasteiger partial charge >= 0.3 is 0 Å². The van der Waals surface area contributed by atoms with Gasteiger partial charge in [0.1, 0.15) is 11.5 Å². The van der Waals surface area contributed by atoms with Gasteiger partial charge in [-0.15, -0.1) is 0 Å². The molecule has 0 amide bonds. The van der Waals surface area contributed by atoms with Crippen molar-refractivity contribution in [2.75, 3.05) is 0 Å². The van der Waals surface area contributed by atoms with E-state index in [4.69, 9.17) is 4.74 Å². The van der Waals surface area contributed by atoms with Gasteiger partial charge in [0.05, 0.1) is 6.10 Å². The van der Waals surface area contributed by atoms with Crippen molar-refractivity contribution < 1.29 is 26.3 Å². The van der Waals surface area contributed by atoms with Crippen molar-refractivity contribution >= 4 is 0 Å². The van der Waals surface area contributed by atoms with Crippen molar-refractivity contribution in [1.29, 1.82) is 0 Å². The smallest absolute Gasteiger partial charge is 0.133 e. The third kappa shape index (κ3) is 3.59.